The molecule has 0 bridgehead atoms. The SMILES string of the molecule is CCN(C(=O)c1ccoc1Cl)c1ccc(C)cc1. The lowest BCUT2D eigenvalue weighted by Gasteiger charge is -2.20. The van der Waals surface area contributed by atoms with Crippen LogP contribution in [0.15, 0.2) is 41.0 Å². The molecule has 0 atom stereocenters. The van der Waals surface area contributed by atoms with Crippen molar-refractivity contribution in [3.05, 3.63) is 52.9 Å². The van der Waals surface area contributed by atoms with Crippen molar-refractivity contribution >= 4 is 23.2 Å². The number of hydrogen-bond donors (Lipinski definition) is 0. The Labute approximate surface area is 111 Å². The van der Waals surface area contributed by atoms with Gasteiger partial charge < -0.3 is 9.32 Å². The molecule has 94 valence electrons. The van der Waals surface area contributed by atoms with Gasteiger partial charge in [-0.25, -0.2) is 0 Å². The topological polar surface area (TPSA) is 33.5 Å². The normalized spacial score (nSPS) is 10.4. The van der Waals surface area contributed by atoms with Crippen LogP contribution in [0.3, 0.4) is 0 Å². The van der Waals surface area contributed by atoms with E-state index in [-0.39, 0.29) is 11.1 Å². The average molecular weight is 264 g/mol. The van der Waals surface area contributed by atoms with Crippen molar-refractivity contribution in [1.82, 2.24) is 0 Å². The predicted molar refractivity (Wildman–Crippen MR) is 72.2 cm³/mol. The van der Waals surface area contributed by atoms with Crippen LogP contribution in [0, 0.1) is 6.92 Å². The number of nitrogens with zero attached hydrogens (tertiary/aromatic N) is 1. The first-order valence-corrected chi connectivity index (χ1v) is 6.12. The smallest absolute Gasteiger partial charge is 0.263 e. The maximum atomic E-state index is 12.3. The Morgan fingerprint density at radius 3 is 2.44 bits per heavy atom. The molecule has 0 N–H and O–H groups in total. The zero-order valence-electron chi connectivity index (χ0n) is 10.3. The minimum Gasteiger partial charge on any atom is -0.452 e. The van der Waals surface area contributed by atoms with Gasteiger partial charge in [-0.1, -0.05) is 17.7 Å². The molecule has 1 aromatic carbocycles. The van der Waals surface area contributed by atoms with Crippen molar-refractivity contribution in [2.45, 2.75) is 13.8 Å². The number of halogens is 1. The third kappa shape index (κ3) is 2.41. The van der Waals surface area contributed by atoms with E-state index in [2.05, 4.69) is 0 Å². The van der Waals surface area contributed by atoms with E-state index in [1.54, 1.807) is 11.0 Å². The highest BCUT2D eigenvalue weighted by Crippen LogP contribution is 2.22. The average Bonchev–Trinajstić information content (AvgIpc) is 2.78. The Balaban J connectivity index is 2.32. The molecule has 0 aliphatic heterocycles. The van der Waals surface area contributed by atoms with Gasteiger partial charge in [-0.05, 0) is 43.6 Å². The number of carbonyl (C=O) groups is 1. The molecule has 3 nitrogen and oxygen atoms in total. The number of hydrogen-bond acceptors (Lipinski definition) is 2. The van der Waals surface area contributed by atoms with Gasteiger partial charge in [-0.3, -0.25) is 4.79 Å². The fourth-order valence-corrected chi connectivity index (χ4v) is 1.95. The van der Waals surface area contributed by atoms with Crippen LogP contribution < -0.4 is 4.90 Å². The first-order valence-electron chi connectivity index (χ1n) is 5.75. The largest absolute Gasteiger partial charge is 0.452 e. The molecule has 0 aliphatic rings. The molecule has 0 saturated carbocycles. The molecule has 2 rings (SSSR count). The zero-order valence-corrected chi connectivity index (χ0v) is 11.1. The molecular formula is C14H14ClNO2. The molecule has 0 saturated heterocycles. The molecule has 0 radical (unpaired) electrons. The first-order chi connectivity index (χ1) is 8.63. The van der Waals surface area contributed by atoms with Crippen molar-refractivity contribution in [2.75, 3.05) is 11.4 Å². The Morgan fingerprint density at radius 2 is 1.94 bits per heavy atom. The summed E-state index contributed by atoms with van der Waals surface area (Å²) in [5, 5.41) is 0.130. The number of amides is 1. The van der Waals surface area contributed by atoms with Gasteiger partial charge in [-0.2, -0.15) is 0 Å². The van der Waals surface area contributed by atoms with Crippen molar-refractivity contribution in [2.24, 2.45) is 0 Å². The third-order valence-corrected chi connectivity index (χ3v) is 3.05. The molecular weight excluding hydrogens is 250 g/mol. The van der Waals surface area contributed by atoms with Gasteiger partial charge in [0.15, 0.2) is 0 Å². The quantitative estimate of drug-likeness (QED) is 0.841. The van der Waals surface area contributed by atoms with E-state index in [4.69, 9.17) is 16.0 Å². The van der Waals surface area contributed by atoms with Crippen LogP contribution in [0.25, 0.3) is 0 Å². The number of benzene rings is 1. The number of anilines is 1. The molecule has 18 heavy (non-hydrogen) atoms. The van der Waals surface area contributed by atoms with E-state index in [0.717, 1.165) is 11.3 Å². The van der Waals surface area contributed by atoms with Crippen LogP contribution in [0.4, 0.5) is 5.69 Å². The Bertz CT molecular complexity index is 545. The van der Waals surface area contributed by atoms with Gasteiger partial charge in [-0.15, -0.1) is 0 Å². The van der Waals surface area contributed by atoms with Crippen LogP contribution >= 0.6 is 11.6 Å². The van der Waals surface area contributed by atoms with Gasteiger partial charge >= 0.3 is 0 Å². The van der Waals surface area contributed by atoms with Crippen LogP contribution in [0.1, 0.15) is 22.8 Å². The lowest BCUT2D eigenvalue weighted by molar-refractivity contribution is 0.0988. The van der Waals surface area contributed by atoms with Gasteiger partial charge in [0.2, 0.25) is 5.22 Å². The molecule has 1 aromatic heterocycles. The number of aryl methyl sites for hydroxylation is 1. The van der Waals surface area contributed by atoms with E-state index in [1.165, 1.54) is 6.26 Å². The Kier molecular flexibility index (Phi) is 3.72. The summed E-state index contributed by atoms with van der Waals surface area (Å²) in [6.45, 7) is 4.50. The van der Waals surface area contributed by atoms with Crippen molar-refractivity contribution < 1.29 is 9.21 Å². The second-order valence-electron chi connectivity index (χ2n) is 3.99. The molecule has 0 unspecified atom stereocenters. The maximum absolute atomic E-state index is 12.3. The summed E-state index contributed by atoms with van der Waals surface area (Å²) >= 11 is 5.83. The summed E-state index contributed by atoms with van der Waals surface area (Å²) in [6, 6.07) is 9.38. The first kappa shape index (κ1) is 12.7. The van der Waals surface area contributed by atoms with E-state index >= 15 is 0 Å². The summed E-state index contributed by atoms with van der Waals surface area (Å²) in [5.74, 6) is -0.153. The highest BCUT2D eigenvalue weighted by molar-refractivity contribution is 6.32. The molecule has 4 heteroatoms. The fraction of sp³-hybridized carbons (Fsp3) is 0.214. The molecule has 1 heterocycles. The monoisotopic (exact) mass is 263 g/mol. The minimum absolute atomic E-state index is 0.130. The van der Waals surface area contributed by atoms with Crippen molar-refractivity contribution in [1.29, 1.82) is 0 Å². The van der Waals surface area contributed by atoms with Crippen LogP contribution in [0.5, 0.6) is 0 Å². The fourth-order valence-electron chi connectivity index (χ4n) is 1.76. The van der Waals surface area contributed by atoms with Crippen LogP contribution in [-0.4, -0.2) is 12.5 Å². The van der Waals surface area contributed by atoms with Gasteiger partial charge in [0.25, 0.3) is 5.91 Å². The lowest BCUT2D eigenvalue weighted by Crippen LogP contribution is -2.30. The van der Waals surface area contributed by atoms with Gasteiger partial charge in [0.05, 0.1) is 11.8 Å². The van der Waals surface area contributed by atoms with E-state index < -0.39 is 0 Å². The number of carbonyl (C=O) groups excluding carboxylic acids is 1. The molecule has 2 aromatic rings. The second kappa shape index (κ2) is 5.27. The highest BCUT2D eigenvalue weighted by Gasteiger charge is 2.20. The lowest BCUT2D eigenvalue weighted by atomic mass is 10.2. The van der Waals surface area contributed by atoms with Crippen molar-refractivity contribution in [3.8, 4) is 0 Å². The van der Waals surface area contributed by atoms with Crippen LogP contribution in [0.2, 0.25) is 5.22 Å². The summed E-state index contributed by atoms with van der Waals surface area (Å²) in [5.41, 5.74) is 2.40. The zero-order chi connectivity index (χ0) is 13.1. The van der Waals surface area contributed by atoms with E-state index in [9.17, 15) is 4.79 Å². The summed E-state index contributed by atoms with van der Waals surface area (Å²) in [6.07, 6.45) is 1.42. The second-order valence-corrected chi connectivity index (χ2v) is 4.34. The highest BCUT2D eigenvalue weighted by atomic mass is 35.5. The van der Waals surface area contributed by atoms with Gasteiger partial charge in [0.1, 0.15) is 0 Å². The summed E-state index contributed by atoms with van der Waals surface area (Å²) < 4.78 is 4.95. The maximum Gasteiger partial charge on any atom is 0.263 e. The molecule has 1 amide bonds. The van der Waals surface area contributed by atoms with E-state index in [1.807, 2.05) is 38.1 Å². The molecule has 0 aliphatic carbocycles. The Morgan fingerprint density at radius 1 is 1.28 bits per heavy atom. The standard InChI is InChI=1S/C14H14ClNO2/c1-3-16(11-6-4-10(2)5-7-11)14(17)12-8-9-18-13(12)15/h4-9H,3H2,1-2H3. The molecule has 0 spiro atoms. The number of furan rings is 1. The summed E-state index contributed by atoms with van der Waals surface area (Å²) in [7, 11) is 0. The van der Waals surface area contributed by atoms with Crippen LogP contribution in [-0.2, 0) is 0 Å². The number of rotatable bonds is 3. The summed E-state index contributed by atoms with van der Waals surface area (Å²) in [4.78, 5) is 14.0. The minimum atomic E-state index is -0.153. The van der Waals surface area contributed by atoms with Gasteiger partial charge in [0, 0.05) is 12.2 Å². The Hall–Kier alpha value is -1.74. The van der Waals surface area contributed by atoms with E-state index in [0.29, 0.717) is 12.1 Å². The van der Waals surface area contributed by atoms with Crippen molar-refractivity contribution in [3.63, 3.8) is 0 Å². The third-order valence-electron chi connectivity index (χ3n) is 2.76. The predicted octanol–water partition coefficient (Wildman–Crippen LogP) is 3.91. The molecule has 0 fully saturated rings.